The van der Waals surface area contributed by atoms with Crippen molar-refractivity contribution in [3.05, 3.63) is 35.9 Å². The summed E-state index contributed by atoms with van der Waals surface area (Å²) in [5.41, 5.74) is 1.07. The first kappa shape index (κ1) is 14.4. The van der Waals surface area contributed by atoms with E-state index in [1.807, 2.05) is 56.0 Å². The summed E-state index contributed by atoms with van der Waals surface area (Å²) < 4.78 is 5.75. The van der Waals surface area contributed by atoms with Gasteiger partial charge in [0.05, 0.1) is 18.0 Å². The number of alkyl halides is 1. The SMILES string of the molecule is CC(C)N1C(=O)[C@@H](OCc2ccccc2)[C@H]1[C@H](C)Cl. The van der Waals surface area contributed by atoms with Crippen LogP contribution >= 0.6 is 11.6 Å². The van der Waals surface area contributed by atoms with Crippen LogP contribution < -0.4 is 0 Å². The lowest BCUT2D eigenvalue weighted by Crippen LogP contribution is -2.70. The zero-order chi connectivity index (χ0) is 14.0. The zero-order valence-corrected chi connectivity index (χ0v) is 12.3. The number of benzene rings is 1. The van der Waals surface area contributed by atoms with Crippen LogP contribution in [0.25, 0.3) is 0 Å². The van der Waals surface area contributed by atoms with Gasteiger partial charge >= 0.3 is 0 Å². The van der Waals surface area contributed by atoms with Crippen molar-refractivity contribution < 1.29 is 9.53 Å². The molecule has 1 saturated heterocycles. The molecule has 0 saturated carbocycles. The quantitative estimate of drug-likeness (QED) is 0.613. The second kappa shape index (κ2) is 5.93. The van der Waals surface area contributed by atoms with E-state index in [-0.39, 0.29) is 23.4 Å². The molecule has 0 aliphatic carbocycles. The molecule has 104 valence electrons. The van der Waals surface area contributed by atoms with Crippen LogP contribution in [-0.2, 0) is 16.1 Å². The van der Waals surface area contributed by atoms with E-state index in [0.29, 0.717) is 6.61 Å². The van der Waals surface area contributed by atoms with Crippen LogP contribution in [0.4, 0.5) is 0 Å². The highest BCUT2D eigenvalue weighted by atomic mass is 35.5. The number of carbonyl (C=O) groups excluding carboxylic acids is 1. The van der Waals surface area contributed by atoms with Crippen molar-refractivity contribution in [1.82, 2.24) is 4.90 Å². The highest BCUT2D eigenvalue weighted by Crippen LogP contribution is 2.31. The number of amides is 1. The number of rotatable bonds is 5. The van der Waals surface area contributed by atoms with Crippen LogP contribution in [0.1, 0.15) is 26.3 Å². The van der Waals surface area contributed by atoms with Gasteiger partial charge in [0.1, 0.15) is 0 Å². The van der Waals surface area contributed by atoms with E-state index >= 15 is 0 Å². The lowest BCUT2D eigenvalue weighted by atomic mass is 9.93. The lowest BCUT2D eigenvalue weighted by Gasteiger charge is -2.50. The molecule has 0 radical (unpaired) electrons. The van der Waals surface area contributed by atoms with E-state index in [0.717, 1.165) is 5.56 Å². The fourth-order valence-electron chi connectivity index (χ4n) is 2.49. The van der Waals surface area contributed by atoms with Gasteiger partial charge in [-0.1, -0.05) is 30.3 Å². The third-order valence-electron chi connectivity index (χ3n) is 3.43. The Kier molecular flexibility index (Phi) is 4.48. The molecule has 0 aromatic heterocycles. The predicted octanol–water partition coefficient (Wildman–Crippen LogP) is 2.82. The van der Waals surface area contributed by atoms with Crippen LogP contribution in [-0.4, -0.2) is 34.4 Å². The standard InChI is InChI=1S/C15H20ClNO2/c1-10(2)17-13(11(3)16)14(15(17)18)19-9-12-7-5-4-6-8-12/h4-8,10-11,13-14H,9H2,1-3H3/t11-,13+,14-/m0/s1. The highest BCUT2D eigenvalue weighted by Gasteiger charge is 2.51. The molecule has 1 aliphatic heterocycles. The van der Waals surface area contributed by atoms with E-state index in [2.05, 4.69) is 0 Å². The highest BCUT2D eigenvalue weighted by molar-refractivity contribution is 6.21. The lowest BCUT2D eigenvalue weighted by molar-refractivity contribution is -0.179. The van der Waals surface area contributed by atoms with Crippen LogP contribution in [0.5, 0.6) is 0 Å². The van der Waals surface area contributed by atoms with Crippen LogP contribution in [0.3, 0.4) is 0 Å². The van der Waals surface area contributed by atoms with Gasteiger partial charge in [-0.15, -0.1) is 11.6 Å². The number of halogens is 1. The number of β-lactam (4-membered cyclic amide) rings is 1. The summed E-state index contributed by atoms with van der Waals surface area (Å²) in [6, 6.07) is 9.99. The Balaban J connectivity index is 1.98. The van der Waals surface area contributed by atoms with Gasteiger partial charge in [-0.2, -0.15) is 0 Å². The topological polar surface area (TPSA) is 29.5 Å². The first-order valence-corrected chi connectivity index (χ1v) is 7.07. The summed E-state index contributed by atoms with van der Waals surface area (Å²) in [4.78, 5) is 13.9. The Morgan fingerprint density at radius 1 is 1.26 bits per heavy atom. The van der Waals surface area contributed by atoms with Gasteiger partial charge in [-0.05, 0) is 26.3 Å². The summed E-state index contributed by atoms with van der Waals surface area (Å²) in [5, 5.41) is -0.110. The largest absolute Gasteiger partial charge is 0.361 e. The molecule has 1 aromatic carbocycles. The average molecular weight is 282 g/mol. The molecular formula is C15H20ClNO2. The molecule has 3 nitrogen and oxygen atoms in total. The molecule has 1 aliphatic rings. The number of likely N-dealkylation sites (tertiary alicyclic amines) is 1. The molecule has 19 heavy (non-hydrogen) atoms. The second-order valence-electron chi connectivity index (χ2n) is 5.22. The Hall–Kier alpha value is -1.06. The molecule has 1 amide bonds. The molecule has 0 spiro atoms. The number of hydrogen-bond acceptors (Lipinski definition) is 2. The number of ether oxygens (including phenoxy) is 1. The fourth-order valence-corrected chi connectivity index (χ4v) is 2.75. The zero-order valence-electron chi connectivity index (χ0n) is 11.5. The molecule has 2 rings (SSSR count). The molecular weight excluding hydrogens is 262 g/mol. The third kappa shape index (κ3) is 2.93. The van der Waals surface area contributed by atoms with Gasteiger partial charge < -0.3 is 9.64 Å². The molecule has 0 N–H and O–H groups in total. The molecule has 0 bridgehead atoms. The predicted molar refractivity (Wildman–Crippen MR) is 76.1 cm³/mol. The summed E-state index contributed by atoms with van der Waals surface area (Å²) in [6.45, 7) is 6.35. The number of carbonyl (C=O) groups is 1. The van der Waals surface area contributed by atoms with E-state index in [1.54, 1.807) is 0 Å². The van der Waals surface area contributed by atoms with Crippen molar-refractivity contribution in [3.8, 4) is 0 Å². The van der Waals surface area contributed by atoms with Gasteiger partial charge in [0.25, 0.3) is 5.91 Å². The van der Waals surface area contributed by atoms with Crippen molar-refractivity contribution in [2.45, 2.75) is 50.9 Å². The second-order valence-corrected chi connectivity index (χ2v) is 5.91. The van der Waals surface area contributed by atoms with E-state index in [1.165, 1.54) is 0 Å². The summed E-state index contributed by atoms with van der Waals surface area (Å²) in [7, 11) is 0. The van der Waals surface area contributed by atoms with Gasteiger partial charge in [-0.3, -0.25) is 4.79 Å². The molecule has 3 atom stereocenters. The minimum atomic E-state index is -0.407. The first-order chi connectivity index (χ1) is 9.02. The number of hydrogen-bond donors (Lipinski definition) is 0. The molecule has 4 heteroatoms. The molecule has 0 unspecified atom stereocenters. The van der Waals surface area contributed by atoms with Crippen LogP contribution in [0, 0.1) is 0 Å². The normalized spacial score (nSPS) is 24.5. The Morgan fingerprint density at radius 3 is 2.42 bits per heavy atom. The van der Waals surface area contributed by atoms with Crippen molar-refractivity contribution in [1.29, 1.82) is 0 Å². The maximum atomic E-state index is 12.1. The average Bonchev–Trinajstić information content (AvgIpc) is 2.36. The summed E-state index contributed by atoms with van der Waals surface area (Å²) in [5.74, 6) is 0.0448. The van der Waals surface area contributed by atoms with Crippen molar-refractivity contribution in [3.63, 3.8) is 0 Å². The van der Waals surface area contributed by atoms with Gasteiger partial charge in [0.15, 0.2) is 6.10 Å². The molecule has 1 heterocycles. The smallest absolute Gasteiger partial charge is 0.254 e. The number of nitrogens with zero attached hydrogens (tertiary/aromatic N) is 1. The first-order valence-electron chi connectivity index (χ1n) is 6.64. The van der Waals surface area contributed by atoms with Gasteiger partial charge in [0, 0.05) is 6.04 Å². The fraction of sp³-hybridized carbons (Fsp3) is 0.533. The van der Waals surface area contributed by atoms with Gasteiger partial charge in [-0.25, -0.2) is 0 Å². The summed E-state index contributed by atoms with van der Waals surface area (Å²) >= 11 is 6.19. The van der Waals surface area contributed by atoms with E-state index in [4.69, 9.17) is 16.3 Å². The maximum Gasteiger partial charge on any atom is 0.254 e. The molecule has 1 fully saturated rings. The van der Waals surface area contributed by atoms with Crippen LogP contribution in [0.2, 0.25) is 0 Å². The minimum Gasteiger partial charge on any atom is -0.361 e. The maximum absolute atomic E-state index is 12.1. The van der Waals surface area contributed by atoms with Crippen LogP contribution in [0.15, 0.2) is 30.3 Å². The van der Waals surface area contributed by atoms with Crippen molar-refractivity contribution in [2.75, 3.05) is 0 Å². The Morgan fingerprint density at radius 2 is 1.89 bits per heavy atom. The minimum absolute atomic E-state index is 0.0297. The third-order valence-corrected chi connectivity index (χ3v) is 3.69. The monoisotopic (exact) mass is 281 g/mol. The van der Waals surface area contributed by atoms with Crippen molar-refractivity contribution >= 4 is 17.5 Å². The summed E-state index contributed by atoms with van der Waals surface area (Å²) in [6.07, 6.45) is -0.407. The van der Waals surface area contributed by atoms with Gasteiger partial charge in [0.2, 0.25) is 0 Å². The molecule has 1 aromatic rings. The Labute approximate surface area is 119 Å². The van der Waals surface area contributed by atoms with E-state index < -0.39 is 6.10 Å². The van der Waals surface area contributed by atoms with Crippen molar-refractivity contribution in [2.24, 2.45) is 0 Å². The Bertz CT molecular complexity index is 433. The van der Waals surface area contributed by atoms with E-state index in [9.17, 15) is 4.79 Å².